The Morgan fingerprint density at radius 1 is 1.28 bits per heavy atom. The molecule has 9 heteroatoms. The number of aromatic nitrogens is 1. The van der Waals surface area contributed by atoms with Crippen molar-refractivity contribution in [1.29, 1.82) is 5.26 Å². The molecular formula is C27H32N6O2S. The van der Waals surface area contributed by atoms with Crippen LogP contribution in [0.1, 0.15) is 45.4 Å². The van der Waals surface area contributed by atoms with Crippen LogP contribution in [0.4, 0.5) is 10.8 Å². The van der Waals surface area contributed by atoms with Crippen LogP contribution in [0.25, 0.3) is 0 Å². The van der Waals surface area contributed by atoms with Gasteiger partial charge in [0.15, 0.2) is 5.13 Å². The summed E-state index contributed by atoms with van der Waals surface area (Å²) >= 11 is 1.55. The van der Waals surface area contributed by atoms with Crippen molar-refractivity contribution in [2.24, 2.45) is 0 Å². The molecule has 0 aliphatic carbocycles. The Labute approximate surface area is 216 Å². The van der Waals surface area contributed by atoms with Crippen LogP contribution < -0.4 is 10.6 Å². The SMILES string of the molecule is CCCN(C=O)Cc1cccc(C(=O)Nc2nc3c(s2)CN(C)CC3)c1.CNc1ccc(C#N)cc1. The molecule has 0 spiro atoms. The minimum Gasteiger partial charge on any atom is -0.388 e. The minimum absolute atomic E-state index is 0.167. The molecule has 0 atom stereocenters. The van der Waals surface area contributed by atoms with Gasteiger partial charge in [0.2, 0.25) is 6.41 Å². The van der Waals surface area contributed by atoms with Crippen LogP contribution in [0.2, 0.25) is 0 Å². The van der Waals surface area contributed by atoms with Gasteiger partial charge in [-0.2, -0.15) is 5.26 Å². The fourth-order valence-electron chi connectivity index (χ4n) is 3.76. The number of carbonyl (C=O) groups excluding carboxylic acids is 2. The first-order valence-electron chi connectivity index (χ1n) is 11.9. The van der Waals surface area contributed by atoms with Gasteiger partial charge in [-0.1, -0.05) is 19.1 Å². The zero-order valence-corrected chi connectivity index (χ0v) is 21.8. The second kappa shape index (κ2) is 13.4. The number of nitrogens with one attached hydrogen (secondary N) is 2. The number of anilines is 2. The monoisotopic (exact) mass is 504 g/mol. The Kier molecular flexibility index (Phi) is 9.98. The van der Waals surface area contributed by atoms with Gasteiger partial charge in [-0.15, -0.1) is 11.3 Å². The number of thiazole rings is 1. The predicted molar refractivity (Wildman–Crippen MR) is 144 cm³/mol. The lowest BCUT2D eigenvalue weighted by atomic mass is 10.1. The first-order valence-corrected chi connectivity index (χ1v) is 12.7. The number of hydrogen-bond acceptors (Lipinski definition) is 7. The largest absolute Gasteiger partial charge is 0.388 e. The van der Waals surface area contributed by atoms with E-state index >= 15 is 0 Å². The van der Waals surface area contributed by atoms with Crippen LogP contribution in [0.3, 0.4) is 0 Å². The number of carbonyl (C=O) groups is 2. The Morgan fingerprint density at radius 2 is 2.06 bits per heavy atom. The predicted octanol–water partition coefficient (Wildman–Crippen LogP) is 4.35. The van der Waals surface area contributed by atoms with Crippen molar-refractivity contribution >= 4 is 34.5 Å². The zero-order chi connectivity index (χ0) is 25.9. The zero-order valence-electron chi connectivity index (χ0n) is 21.0. The molecule has 0 bridgehead atoms. The second-order valence-electron chi connectivity index (χ2n) is 8.55. The van der Waals surface area contributed by atoms with Crippen molar-refractivity contribution in [3.63, 3.8) is 0 Å². The van der Waals surface area contributed by atoms with Crippen LogP contribution in [0.15, 0.2) is 48.5 Å². The summed E-state index contributed by atoms with van der Waals surface area (Å²) in [5.41, 5.74) is 4.34. The third-order valence-corrected chi connectivity index (χ3v) is 6.68. The Hall–Kier alpha value is -3.74. The Bertz CT molecular complexity index is 1200. The highest BCUT2D eigenvalue weighted by molar-refractivity contribution is 7.15. The molecule has 2 aromatic carbocycles. The number of benzene rings is 2. The third-order valence-electron chi connectivity index (χ3n) is 5.68. The van der Waals surface area contributed by atoms with Crippen molar-refractivity contribution < 1.29 is 9.59 Å². The molecule has 0 saturated carbocycles. The lowest BCUT2D eigenvalue weighted by Gasteiger charge is -2.20. The fourth-order valence-corrected chi connectivity index (χ4v) is 4.84. The summed E-state index contributed by atoms with van der Waals surface area (Å²) in [5.74, 6) is -0.167. The average Bonchev–Trinajstić information content (AvgIpc) is 3.30. The van der Waals surface area contributed by atoms with Crippen LogP contribution in [0.5, 0.6) is 0 Å². The van der Waals surface area contributed by atoms with Gasteiger partial charge in [0.05, 0.1) is 17.3 Å². The lowest BCUT2D eigenvalue weighted by Crippen LogP contribution is -2.25. The second-order valence-corrected chi connectivity index (χ2v) is 9.63. The van der Waals surface area contributed by atoms with Gasteiger partial charge in [0.1, 0.15) is 0 Å². The molecule has 0 fully saturated rings. The molecule has 0 saturated heterocycles. The number of nitriles is 1. The Balaban J connectivity index is 0.000000303. The maximum absolute atomic E-state index is 12.6. The highest BCUT2D eigenvalue weighted by Crippen LogP contribution is 2.28. The quantitative estimate of drug-likeness (QED) is 0.442. The molecule has 0 radical (unpaired) electrons. The molecule has 8 nitrogen and oxygen atoms in total. The summed E-state index contributed by atoms with van der Waals surface area (Å²) in [5, 5.41) is 15.0. The molecule has 188 valence electrons. The molecule has 36 heavy (non-hydrogen) atoms. The van der Waals surface area contributed by atoms with Crippen molar-refractivity contribution in [2.75, 3.05) is 37.8 Å². The summed E-state index contributed by atoms with van der Waals surface area (Å²) in [4.78, 5) is 33.5. The van der Waals surface area contributed by atoms with Crippen LogP contribution >= 0.6 is 11.3 Å². The molecule has 2 amide bonds. The minimum atomic E-state index is -0.167. The summed E-state index contributed by atoms with van der Waals surface area (Å²) < 4.78 is 0. The summed E-state index contributed by atoms with van der Waals surface area (Å²) in [7, 11) is 3.94. The molecule has 2 N–H and O–H groups in total. The van der Waals surface area contributed by atoms with E-state index in [4.69, 9.17) is 5.26 Å². The highest BCUT2D eigenvalue weighted by Gasteiger charge is 2.19. The number of nitrogens with zero attached hydrogens (tertiary/aromatic N) is 4. The molecule has 0 unspecified atom stereocenters. The van der Waals surface area contributed by atoms with E-state index in [0.717, 1.165) is 49.3 Å². The third kappa shape index (κ3) is 7.63. The van der Waals surface area contributed by atoms with E-state index in [-0.39, 0.29) is 5.91 Å². The fraction of sp³-hybridized carbons (Fsp3) is 0.333. The van der Waals surface area contributed by atoms with E-state index in [0.29, 0.717) is 29.3 Å². The molecule has 4 rings (SSSR count). The van der Waals surface area contributed by atoms with Gasteiger partial charge in [-0.3, -0.25) is 14.9 Å². The normalized spacial score (nSPS) is 12.4. The Morgan fingerprint density at radius 3 is 2.72 bits per heavy atom. The van der Waals surface area contributed by atoms with Gasteiger partial charge in [0, 0.05) is 55.8 Å². The van der Waals surface area contributed by atoms with E-state index in [2.05, 4.69) is 33.6 Å². The van der Waals surface area contributed by atoms with E-state index in [1.807, 2.05) is 44.3 Å². The number of rotatable bonds is 8. The number of likely N-dealkylation sites (N-methyl/N-ethyl adjacent to an activating group) is 1. The van der Waals surface area contributed by atoms with Crippen molar-refractivity contribution in [3.05, 3.63) is 75.8 Å². The van der Waals surface area contributed by atoms with Crippen LogP contribution in [0, 0.1) is 11.3 Å². The standard InChI is InChI=1S/C19H24N4O2S.C8H8N2/c1-3-8-23(13-24)11-14-5-4-6-15(10-14)18(25)21-19-20-16-7-9-22(2)12-17(16)26-19;1-10-8-4-2-7(6-9)3-5-8/h4-6,10,13H,3,7-9,11-12H2,1-2H3,(H,20,21,25);2-5,10H,1H3. The molecule has 1 aliphatic heterocycles. The average molecular weight is 505 g/mol. The maximum atomic E-state index is 12.6. The van der Waals surface area contributed by atoms with Crippen molar-refractivity contribution in [2.45, 2.75) is 32.9 Å². The van der Waals surface area contributed by atoms with E-state index in [1.54, 1.807) is 34.4 Å². The van der Waals surface area contributed by atoms with Gasteiger partial charge in [-0.05, 0) is 55.4 Å². The van der Waals surface area contributed by atoms with Gasteiger partial charge in [-0.25, -0.2) is 4.98 Å². The smallest absolute Gasteiger partial charge is 0.257 e. The van der Waals surface area contributed by atoms with Crippen molar-refractivity contribution in [3.8, 4) is 6.07 Å². The molecule has 2 heterocycles. The first-order chi connectivity index (χ1) is 17.4. The molecule has 1 aromatic heterocycles. The number of fused-ring (bicyclic) bond motifs is 1. The van der Waals surface area contributed by atoms with E-state index < -0.39 is 0 Å². The van der Waals surface area contributed by atoms with Crippen LogP contribution in [-0.4, -0.2) is 54.3 Å². The lowest BCUT2D eigenvalue weighted by molar-refractivity contribution is -0.118. The maximum Gasteiger partial charge on any atom is 0.257 e. The van der Waals surface area contributed by atoms with E-state index in [9.17, 15) is 9.59 Å². The molecular weight excluding hydrogens is 472 g/mol. The highest BCUT2D eigenvalue weighted by atomic mass is 32.1. The van der Waals surface area contributed by atoms with Crippen LogP contribution in [-0.2, 0) is 24.3 Å². The summed E-state index contributed by atoms with van der Waals surface area (Å²) in [6, 6.07) is 16.8. The number of amides is 2. The van der Waals surface area contributed by atoms with Gasteiger partial charge >= 0.3 is 0 Å². The number of hydrogen-bond donors (Lipinski definition) is 2. The topological polar surface area (TPSA) is 101 Å². The molecule has 3 aromatic rings. The summed E-state index contributed by atoms with van der Waals surface area (Å²) in [6.07, 6.45) is 2.68. The first kappa shape index (κ1) is 26.9. The van der Waals surface area contributed by atoms with Gasteiger partial charge in [0.25, 0.3) is 5.91 Å². The van der Waals surface area contributed by atoms with Crippen molar-refractivity contribution in [1.82, 2.24) is 14.8 Å². The summed E-state index contributed by atoms with van der Waals surface area (Å²) in [6.45, 7) is 5.13. The molecule has 1 aliphatic rings. The van der Waals surface area contributed by atoms with E-state index in [1.165, 1.54) is 4.88 Å². The van der Waals surface area contributed by atoms with Gasteiger partial charge < -0.3 is 15.1 Å².